The smallest absolute Gasteiger partial charge is 0.320 e. The highest BCUT2D eigenvalue weighted by molar-refractivity contribution is 5.90. The van der Waals surface area contributed by atoms with Crippen molar-refractivity contribution >= 4 is 5.97 Å². The van der Waals surface area contributed by atoms with Crippen molar-refractivity contribution in [2.75, 3.05) is 7.11 Å². The Bertz CT molecular complexity index is 956. The molecule has 28 heavy (non-hydrogen) atoms. The Kier molecular flexibility index (Phi) is 4.63. The van der Waals surface area contributed by atoms with Crippen LogP contribution in [0.15, 0.2) is 84.9 Å². The van der Waals surface area contributed by atoms with E-state index in [2.05, 4.69) is 0 Å². The third kappa shape index (κ3) is 2.95. The van der Waals surface area contributed by atoms with E-state index in [1.165, 1.54) is 0 Å². The lowest BCUT2D eigenvalue weighted by molar-refractivity contribution is -0.149. The maximum absolute atomic E-state index is 16.0. The van der Waals surface area contributed by atoms with Crippen LogP contribution in [0, 0.1) is 0 Å². The van der Waals surface area contributed by atoms with Crippen LogP contribution in [0.1, 0.15) is 23.1 Å². The van der Waals surface area contributed by atoms with E-state index < -0.39 is 17.1 Å². The molecule has 0 amide bonds. The summed E-state index contributed by atoms with van der Waals surface area (Å²) < 4.78 is 26.7. The van der Waals surface area contributed by atoms with Gasteiger partial charge in [0.2, 0.25) is 0 Å². The highest BCUT2D eigenvalue weighted by Crippen LogP contribution is 2.67. The number of ether oxygens (including phenoxy) is 2. The van der Waals surface area contributed by atoms with Crippen molar-refractivity contribution in [2.45, 2.75) is 24.1 Å². The molecule has 3 aromatic carbocycles. The molecular formula is C24H21FO3. The lowest BCUT2D eigenvalue weighted by Gasteiger charge is -2.20. The quantitative estimate of drug-likeness (QED) is 0.572. The van der Waals surface area contributed by atoms with Crippen LogP contribution in [-0.4, -0.2) is 13.1 Å². The van der Waals surface area contributed by atoms with Gasteiger partial charge in [0.05, 0.1) is 7.11 Å². The van der Waals surface area contributed by atoms with E-state index in [1.807, 2.05) is 36.4 Å². The minimum absolute atomic E-state index is 0.0788. The van der Waals surface area contributed by atoms with E-state index in [0.29, 0.717) is 11.1 Å². The first-order valence-corrected chi connectivity index (χ1v) is 9.20. The van der Waals surface area contributed by atoms with E-state index in [4.69, 9.17) is 9.47 Å². The van der Waals surface area contributed by atoms with Gasteiger partial charge in [-0.2, -0.15) is 0 Å². The van der Waals surface area contributed by atoms with E-state index in [0.717, 1.165) is 11.3 Å². The Hall–Kier alpha value is -3.14. The van der Waals surface area contributed by atoms with Gasteiger partial charge >= 0.3 is 5.97 Å². The van der Waals surface area contributed by atoms with Gasteiger partial charge in [-0.3, -0.25) is 4.79 Å². The van der Waals surface area contributed by atoms with Gasteiger partial charge in [0.25, 0.3) is 0 Å². The van der Waals surface area contributed by atoms with E-state index in [1.54, 1.807) is 55.6 Å². The standard InChI is InChI=1S/C24H21FO3/c1-27-21-14-12-18(13-15-21)16-28-22(26)23(19-8-4-2-5-9-19)17-24(23,25)20-10-6-3-7-11-20/h2-15H,16-17H2,1H3/t23-,24-/m1/s1. The number of hydrogen-bond donors (Lipinski definition) is 0. The number of methoxy groups -OCH3 is 1. The average Bonchev–Trinajstić information content (AvgIpc) is 3.42. The molecule has 0 N–H and O–H groups in total. The number of hydrogen-bond acceptors (Lipinski definition) is 3. The van der Waals surface area contributed by atoms with Crippen molar-refractivity contribution in [1.29, 1.82) is 0 Å². The number of alkyl halides is 1. The van der Waals surface area contributed by atoms with E-state index in [-0.39, 0.29) is 13.0 Å². The van der Waals surface area contributed by atoms with Crippen LogP contribution in [-0.2, 0) is 27.2 Å². The molecule has 0 aliphatic heterocycles. The third-order valence-electron chi connectivity index (χ3n) is 5.44. The zero-order valence-corrected chi connectivity index (χ0v) is 15.6. The maximum Gasteiger partial charge on any atom is 0.320 e. The Morgan fingerprint density at radius 3 is 2.04 bits per heavy atom. The molecule has 0 radical (unpaired) electrons. The summed E-state index contributed by atoms with van der Waals surface area (Å²) in [4.78, 5) is 13.1. The molecule has 1 saturated carbocycles. The highest BCUT2D eigenvalue weighted by atomic mass is 19.1. The minimum Gasteiger partial charge on any atom is -0.497 e. The number of halogens is 1. The maximum atomic E-state index is 16.0. The number of carbonyl (C=O) groups is 1. The number of rotatable bonds is 6. The first-order chi connectivity index (χ1) is 13.6. The molecule has 1 aliphatic carbocycles. The second kappa shape index (κ2) is 7.12. The normalized spacial score (nSPS) is 23.1. The van der Waals surface area contributed by atoms with Gasteiger partial charge in [-0.1, -0.05) is 72.8 Å². The van der Waals surface area contributed by atoms with Crippen LogP contribution < -0.4 is 4.74 Å². The molecule has 4 heteroatoms. The predicted octanol–water partition coefficient (Wildman–Crippen LogP) is 4.95. The summed E-state index contributed by atoms with van der Waals surface area (Å²) >= 11 is 0. The molecular weight excluding hydrogens is 355 g/mol. The largest absolute Gasteiger partial charge is 0.497 e. The van der Waals surface area contributed by atoms with Crippen molar-refractivity contribution in [1.82, 2.24) is 0 Å². The first-order valence-electron chi connectivity index (χ1n) is 9.20. The van der Waals surface area contributed by atoms with Crippen LogP contribution in [0.2, 0.25) is 0 Å². The van der Waals surface area contributed by atoms with Crippen LogP contribution in [0.3, 0.4) is 0 Å². The molecule has 4 rings (SSSR count). The van der Waals surface area contributed by atoms with Crippen molar-refractivity contribution < 1.29 is 18.7 Å². The molecule has 3 aromatic rings. The molecule has 1 fully saturated rings. The fourth-order valence-electron chi connectivity index (χ4n) is 3.77. The van der Waals surface area contributed by atoms with Gasteiger partial charge in [-0.15, -0.1) is 0 Å². The van der Waals surface area contributed by atoms with Gasteiger partial charge in [0.1, 0.15) is 17.8 Å². The lowest BCUT2D eigenvalue weighted by Crippen LogP contribution is -2.30. The summed E-state index contributed by atoms with van der Waals surface area (Å²) in [5.41, 5.74) is -1.13. The van der Waals surface area contributed by atoms with Crippen LogP contribution in [0.5, 0.6) is 5.75 Å². The Labute approximate surface area is 163 Å². The van der Waals surface area contributed by atoms with Crippen molar-refractivity contribution in [3.05, 3.63) is 102 Å². The van der Waals surface area contributed by atoms with Gasteiger partial charge in [-0.25, -0.2) is 4.39 Å². The lowest BCUT2D eigenvalue weighted by atomic mass is 9.89. The highest BCUT2D eigenvalue weighted by Gasteiger charge is 2.76. The topological polar surface area (TPSA) is 35.5 Å². The summed E-state index contributed by atoms with van der Waals surface area (Å²) in [5.74, 6) is 0.186. The molecule has 0 saturated heterocycles. The number of benzene rings is 3. The first kappa shape index (κ1) is 18.2. The predicted molar refractivity (Wildman–Crippen MR) is 105 cm³/mol. The fourth-order valence-corrected chi connectivity index (χ4v) is 3.77. The third-order valence-corrected chi connectivity index (χ3v) is 5.44. The molecule has 0 bridgehead atoms. The fraction of sp³-hybridized carbons (Fsp3) is 0.208. The summed E-state index contributed by atoms with van der Waals surface area (Å²) in [6.45, 7) is 0.0856. The van der Waals surface area contributed by atoms with E-state index in [9.17, 15) is 4.79 Å². The summed E-state index contributed by atoms with van der Waals surface area (Å²) in [5, 5.41) is 0. The van der Waals surface area contributed by atoms with Crippen molar-refractivity contribution in [2.24, 2.45) is 0 Å². The van der Waals surface area contributed by atoms with Gasteiger partial charge in [0, 0.05) is 6.42 Å². The second-order valence-electron chi connectivity index (χ2n) is 7.04. The SMILES string of the molecule is COc1ccc(COC(=O)[C@]2(c3ccccc3)C[C@@]2(F)c2ccccc2)cc1. The summed E-state index contributed by atoms with van der Waals surface area (Å²) in [7, 11) is 1.59. The molecule has 0 spiro atoms. The number of esters is 1. The van der Waals surface area contributed by atoms with Gasteiger partial charge in [-0.05, 0) is 28.8 Å². The van der Waals surface area contributed by atoms with Crippen molar-refractivity contribution in [3.8, 4) is 5.75 Å². The molecule has 0 heterocycles. The molecule has 2 atom stereocenters. The second-order valence-corrected chi connectivity index (χ2v) is 7.04. The minimum atomic E-state index is -1.77. The van der Waals surface area contributed by atoms with Crippen LogP contribution in [0.4, 0.5) is 4.39 Å². The Morgan fingerprint density at radius 2 is 1.46 bits per heavy atom. The van der Waals surface area contributed by atoms with E-state index >= 15 is 4.39 Å². The molecule has 1 aliphatic rings. The molecule has 142 valence electrons. The Balaban J connectivity index is 1.61. The monoisotopic (exact) mass is 376 g/mol. The zero-order valence-electron chi connectivity index (χ0n) is 15.6. The average molecular weight is 376 g/mol. The molecule has 0 aromatic heterocycles. The molecule has 3 nitrogen and oxygen atoms in total. The van der Waals surface area contributed by atoms with Crippen molar-refractivity contribution in [3.63, 3.8) is 0 Å². The van der Waals surface area contributed by atoms with Gasteiger partial charge < -0.3 is 9.47 Å². The Morgan fingerprint density at radius 1 is 0.893 bits per heavy atom. The van der Waals surface area contributed by atoms with Crippen LogP contribution >= 0.6 is 0 Å². The summed E-state index contributed by atoms with van der Waals surface area (Å²) in [6.07, 6.45) is 0.0788. The zero-order chi connectivity index (χ0) is 19.6. The summed E-state index contributed by atoms with van der Waals surface area (Å²) in [6, 6.07) is 25.2. The van der Waals surface area contributed by atoms with Crippen LogP contribution in [0.25, 0.3) is 0 Å². The molecule has 0 unspecified atom stereocenters. The van der Waals surface area contributed by atoms with Gasteiger partial charge in [0.15, 0.2) is 5.67 Å². The number of carbonyl (C=O) groups excluding carboxylic acids is 1.